The van der Waals surface area contributed by atoms with E-state index in [1.165, 1.54) is 16.7 Å². The number of nitrogens with one attached hydrogen (secondary N) is 1. The highest BCUT2D eigenvalue weighted by molar-refractivity contribution is 5.79. The number of hydrogen-bond donors (Lipinski definition) is 1. The van der Waals surface area contributed by atoms with E-state index in [0.29, 0.717) is 6.42 Å². The third-order valence-corrected chi connectivity index (χ3v) is 2.34. The summed E-state index contributed by atoms with van der Waals surface area (Å²) in [6, 6.07) is 0.235. The van der Waals surface area contributed by atoms with Crippen molar-refractivity contribution in [2.75, 3.05) is 0 Å². The number of hydrogen-bond acceptors (Lipinski definition) is 1. The standard InChI is InChI=1S/C12H19NO/c1-8(2)13-12(14)7-11-6-9(3)5-10(11)4/h5,8H,6-7H2,1-4H3,(H,13,14). The first-order valence-electron chi connectivity index (χ1n) is 5.14. The van der Waals surface area contributed by atoms with Crippen molar-refractivity contribution in [1.29, 1.82) is 0 Å². The molecule has 2 nitrogen and oxygen atoms in total. The summed E-state index contributed by atoms with van der Waals surface area (Å²) in [6.07, 6.45) is 3.69. The summed E-state index contributed by atoms with van der Waals surface area (Å²) < 4.78 is 0. The van der Waals surface area contributed by atoms with E-state index in [2.05, 4.69) is 25.2 Å². The minimum absolute atomic E-state index is 0.137. The molecule has 0 aromatic rings. The normalized spacial score (nSPS) is 16.2. The lowest BCUT2D eigenvalue weighted by Crippen LogP contribution is -2.30. The van der Waals surface area contributed by atoms with Gasteiger partial charge in [-0.3, -0.25) is 4.79 Å². The molecule has 2 heteroatoms. The number of carbonyl (C=O) groups excluding carboxylic acids is 1. The molecule has 0 aliphatic heterocycles. The maximum absolute atomic E-state index is 11.5. The molecule has 0 aromatic carbocycles. The predicted octanol–water partition coefficient (Wildman–Crippen LogP) is 2.57. The van der Waals surface area contributed by atoms with E-state index in [-0.39, 0.29) is 11.9 Å². The molecule has 14 heavy (non-hydrogen) atoms. The SMILES string of the molecule is CC1=CC(C)=C(CC(=O)NC(C)C)C1. The Morgan fingerprint density at radius 3 is 2.57 bits per heavy atom. The van der Waals surface area contributed by atoms with Crippen LogP contribution in [0.5, 0.6) is 0 Å². The van der Waals surface area contributed by atoms with Gasteiger partial charge in [-0.1, -0.05) is 22.8 Å². The first kappa shape index (κ1) is 11.0. The highest BCUT2D eigenvalue weighted by Gasteiger charge is 2.13. The Balaban J connectivity index is 2.47. The molecule has 0 unspecified atom stereocenters. The van der Waals surface area contributed by atoms with Crippen LogP contribution in [-0.4, -0.2) is 11.9 Å². The minimum Gasteiger partial charge on any atom is -0.354 e. The zero-order chi connectivity index (χ0) is 10.7. The van der Waals surface area contributed by atoms with E-state index in [1.807, 2.05) is 13.8 Å². The van der Waals surface area contributed by atoms with Crippen molar-refractivity contribution >= 4 is 5.91 Å². The van der Waals surface area contributed by atoms with Crippen LogP contribution in [0.3, 0.4) is 0 Å². The van der Waals surface area contributed by atoms with Gasteiger partial charge in [0, 0.05) is 12.5 Å². The van der Waals surface area contributed by atoms with Gasteiger partial charge in [0.1, 0.15) is 0 Å². The Labute approximate surface area is 86.1 Å². The zero-order valence-corrected chi connectivity index (χ0v) is 9.48. The molecule has 1 aliphatic rings. The van der Waals surface area contributed by atoms with Crippen LogP contribution < -0.4 is 5.32 Å². The lowest BCUT2D eigenvalue weighted by molar-refractivity contribution is -0.120. The van der Waals surface area contributed by atoms with Gasteiger partial charge in [0.05, 0.1) is 0 Å². The number of rotatable bonds is 3. The van der Waals surface area contributed by atoms with Crippen LogP contribution in [0, 0.1) is 0 Å². The molecule has 0 fully saturated rings. The van der Waals surface area contributed by atoms with Gasteiger partial charge in [-0.15, -0.1) is 0 Å². The van der Waals surface area contributed by atoms with Gasteiger partial charge < -0.3 is 5.32 Å². The van der Waals surface area contributed by atoms with Crippen molar-refractivity contribution in [2.45, 2.75) is 46.6 Å². The summed E-state index contributed by atoms with van der Waals surface area (Å²) in [6.45, 7) is 8.15. The average Bonchev–Trinajstić information content (AvgIpc) is 2.28. The van der Waals surface area contributed by atoms with E-state index < -0.39 is 0 Å². The second kappa shape index (κ2) is 4.45. The second-order valence-corrected chi connectivity index (χ2v) is 4.35. The molecular formula is C12H19NO. The van der Waals surface area contributed by atoms with Crippen LogP contribution in [0.2, 0.25) is 0 Å². The van der Waals surface area contributed by atoms with Crippen LogP contribution in [0.1, 0.15) is 40.5 Å². The molecule has 1 N–H and O–H groups in total. The Hall–Kier alpha value is -1.05. The predicted molar refractivity (Wildman–Crippen MR) is 59.0 cm³/mol. The van der Waals surface area contributed by atoms with Gasteiger partial charge in [-0.25, -0.2) is 0 Å². The summed E-state index contributed by atoms with van der Waals surface area (Å²) >= 11 is 0. The molecule has 0 heterocycles. The van der Waals surface area contributed by atoms with Crippen LogP contribution in [0.4, 0.5) is 0 Å². The first-order valence-corrected chi connectivity index (χ1v) is 5.14. The van der Waals surface area contributed by atoms with Gasteiger partial charge in [0.25, 0.3) is 0 Å². The lowest BCUT2D eigenvalue weighted by Gasteiger charge is -2.09. The maximum Gasteiger partial charge on any atom is 0.224 e. The van der Waals surface area contributed by atoms with Gasteiger partial charge >= 0.3 is 0 Å². The van der Waals surface area contributed by atoms with E-state index in [1.54, 1.807) is 0 Å². The first-order chi connectivity index (χ1) is 6.49. The molecule has 0 saturated heterocycles. The number of amides is 1. The number of carbonyl (C=O) groups is 1. The van der Waals surface area contributed by atoms with Gasteiger partial charge in [-0.05, 0) is 34.1 Å². The third kappa shape index (κ3) is 3.02. The molecule has 1 aliphatic carbocycles. The molecule has 1 rings (SSSR count). The van der Waals surface area contributed by atoms with Crippen molar-refractivity contribution < 1.29 is 4.79 Å². The van der Waals surface area contributed by atoms with E-state index in [0.717, 1.165) is 6.42 Å². The molecule has 78 valence electrons. The molecule has 0 saturated carbocycles. The molecule has 0 radical (unpaired) electrons. The number of allylic oxidation sites excluding steroid dienone is 3. The Kier molecular flexibility index (Phi) is 3.50. The topological polar surface area (TPSA) is 29.1 Å². The fourth-order valence-electron chi connectivity index (χ4n) is 1.77. The summed E-state index contributed by atoms with van der Waals surface area (Å²) in [4.78, 5) is 11.5. The summed E-state index contributed by atoms with van der Waals surface area (Å²) in [5.41, 5.74) is 3.89. The van der Waals surface area contributed by atoms with E-state index in [4.69, 9.17) is 0 Å². The largest absolute Gasteiger partial charge is 0.354 e. The molecule has 0 atom stereocenters. The van der Waals surface area contributed by atoms with Crippen LogP contribution >= 0.6 is 0 Å². The van der Waals surface area contributed by atoms with Crippen LogP contribution in [0.25, 0.3) is 0 Å². The van der Waals surface area contributed by atoms with Crippen molar-refractivity contribution in [3.63, 3.8) is 0 Å². The van der Waals surface area contributed by atoms with Crippen LogP contribution in [0.15, 0.2) is 22.8 Å². The highest BCUT2D eigenvalue weighted by Crippen LogP contribution is 2.26. The van der Waals surface area contributed by atoms with Gasteiger partial charge in [-0.2, -0.15) is 0 Å². The van der Waals surface area contributed by atoms with Gasteiger partial charge in [0.15, 0.2) is 0 Å². The van der Waals surface area contributed by atoms with E-state index >= 15 is 0 Å². The summed E-state index contributed by atoms with van der Waals surface area (Å²) in [7, 11) is 0. The van der Waals surface area contributed by atoms with Crippen molar-refractivity contribution in [3.05, 3.63) is 22.8 Å². The highest BCUT2D eigenvalue weighted by atomic mass is 16.1. The molecular weight excluding hydrogens is 174 g/mol. The quantitative estimate of drug-likeness (QED) is 0.733. The van der Waals surface area contributed by atoms with Crippen molar-refractivity contribution in [1.82, 2.24) is 5.32 Å². The summed E-state index contributed by atoms with van der Waals surface area (Å²) in [5, 5.41) is 2.91. The fraction of sp³-hybridized carbons (Fsp3) is 0.583. The minimum atomic E-state index is 0.137. The van der Waals surface area contributed by atoms with Crippen molar-refractivity contribution in [2.24, 2.45) is 0 Å². The molecule has 1 amide bonds. The Bertz CT molecular complexity index is 297. The monoisotopic (exact) mass is 193 g/mol. The zero-order valence-electron chi connectivity index (χ0n) is 9.48. The Morgan fingerprint density at radius 2 is 2.14 bits per heavy atom. The second-order valence-electron chi connectivity index (χ2n) is 4.35. The average molecular weight is 193 g/mol. The van der Waals surface area contributed by atoms with Crippen molar-refractivity contribution in [3.8, 4) is 0 Å². The van der Waals surface area contributed by atoms with Gasteiger partial charge in [0.2, 0.25) is 5.91 Å². The lowest BCUT2D eigenvalue weighted by atomic mass is 10.1. The van der Waals surface area contributed by atoms with Crippen LogP contribution in [-0.2, 0) is 4.79 Å². The van der Waals surface area contributed by atoms with E-state index in [9.17, 15) is 4.79 Å². The molecule has 0 spiro atoms. The smallest absolute Gasteiger partial charge is 0.224 e. The molecule has 0 bridgehead atoms. The fourth-order valence-corrected chi connectivity index (χ4v) is 1.77. The summed E-state index contributed by atoms with van der Waals surface area (Å²) in [5.74, 6) is 0.137. The third-order valence-electron chi connectivity index (χ3n) is 2.34. The molecule has 0 aromatic heterocycles. The maximum atomic E-state index is 11.5. The Morgan fingerprint density at radius 1 is 1.50 bits per heavy atom.